The van der Waals surface area contributed by atoms with Gasteiger partial charge in [-0.15, -0.1) is 0 Å². The van der Waals surface area contributed by atoms with E-state index in [0.717, 1.165) is 25.7 Å². The molecule has 1 aliphatic rings. The Morgan fingerprint density at radius 3 is 1.00 bits per heavy atom. The third-order valence-corrected chi connectivity index (χ3v) is 1.99. The van der Waals surface area contributed by atoms with Gasteiger partial charge in [0.05, 0.1) is 0 Å². The maximum absolute atomic E-state index is 2.21. The molecule has 0 aromatic heterocycles. The van der Waals surface area contributed by atoms with Gasteiger partial charge < -0.3 is 0 Å². The first-order chi connectivity index (χ1) is 7.00. The van der Waals surface area contributed by atoms with Crippen LogP contribution < -0.4 is 0 Å². The van der Waals surface area contributed by atoms with Crippen molar-refractivity contribution >= 4 is 0 Å². The SMILES string of the molecule is C1=CCC/C=C/C=C\C=C\CCC=C1. The van der Waals surface area contributed by atoms with Crippen LogP contribution in [0.5, 0.6) is 0 Å². The summed E-state index contributed by atoms with van der Waals surface area (Å²) in [5.41, 5.74) is 0. The fourth-order valence-corrected chi connectivity index (χ4v) is 1.21. The van der Waals surface area contributed by atoms with Gasteiger partial charge in [0.15, 0.2) is 0 Å². The summed E-state index contributed by atoms with van der Waals surface area (Å²) in [5, 5.41) is 0. The Bertz CT molecular complexity index is 234. The van der Waals surface area contributed by atoms with Crippen LogP contribution in [0.15, 0.2) is 60.8 Å². The zero-order valence-corrected chi connectivity index (χ0v) is 8.60. The Morgan fingerprint density at radius 2 is 0.643 bits per heavy atom. The molecule has 0 nitrogen and oxygen atoms in total. The minimum Gasteiger partial charge on any atom is -0.0842 e. The van der Waals surface area contributed by atoms with Gasteiger partial charge in [-0.25, -0.2) is 0 Å². The molecule has 0 saturated heterocycles. The van der Waals surface area contributed by atoms with Gasteiger partial charge in [-0.1, -0.05) is 60.8 Å². The molecule has 74 valence electrons. The maximum atomic E-state index is 2.21. The summed E-state index contributed by atoms with van der Waals surface area (Å²) in [6.07, 6.45) is 26.0. The number of allylic oxidation sites excluding steroid dienone is 10. The molecule has 0 heterocycles. The summed E-state index contributed by atoms with van der Waals surface area (Å²) in [5.74, 6) is 0. The highest BCUT2D eigenvalue weighted by atomic mass is 13.8. The van der Waals surface area contributed by atoms with Crippen molar-refractivity contribution in [2.75, 3.05) is 0 Å². The second-order valence-electron chi connectivity index (χ2n) is 3.25. The zero-order valence-electron chi connectivity index (χ0n) is 8.60. The van der Waals surface area contributed by atoms with Crippen LogP contribution in [0.2, 0.25) is 0 Å². The van der Waals surface area contributed by atoms with Gasteiger partial charge in [0.2, 0.25) is 0 Å². The van der Waals surface area contributed by atoms with Gasteiger partial charge in [0, 0.05) is 0 Å². The second-order valence-corrected chi connectivity index (χ2v) is 3.25. The van der Waals surface area contributed by atoms with Gasteiger partial charge in [-0.05, 0) is 25.7 Å². The van der Waals surface area contributed by atoms with E-state index >= 15 is 0 Å². The Hall–Kier alpha value is -1.30. The molecule has 0 spiro atoms. The smallest absolute Gasteiger partial charge is 0.0313 e. The molecule has 0 aliphatic heterocycles. The molecule has 0 radical (unpaired) electrons. The van der Waals surface area contributed by atoms with E-state index in [1.165, 1.54) is 0 Å². The first-order valence-corrected chi connectivity index (χ1v) is 5.30. The molecule has 0 unspecified atom stereocenters. The average Bonchev–Trinajstić information content (AvgIpc) is 2.22. The molecule has 0 bridgehead atoms. The minimum atomic E-state index is 1.12. The van der Waals surface area contributed by atoms with Gasteiger partial charge in [0.25, 0.3) is 0 Å². The van der Waals surface area contributed by atoms with Crippen molar-refractivity contribution in [1.29, 1.82) is 0 Å². The number of rotatable bonds is 0. The van der Waals surface area contributed by atoms with E-state index in [9.17, 15) is 0 Å². The lowest BCUT2D eigenvalue weighted by Crippen LogP contribution is -1.66. The van der Waals surface area contributed by atoms with E-state index in [2.05, 4.69) is 60.8 Å². The summed E-state index contributed by atoms with van der Waals surface area (Å²) < 4.78 is 0. The first kappa shape index (κ1) is 10.8. The van der Waals surface area contributed by atoms with Crippen molar-refractivity contribution in [3.05, 3.63) is 60.8 Å². The molecule has 0 atom stereocenters. The van der Waals surface area contributed by atoms with Gasteiger partial charge >= 0.3 is 0 Å². The predicted octanol–water partition coefficient (Wildman–Crippen LogP) is 4.34. The van der Waals surface area contributed by atoms with Crippen molar-refractivity contribution in [3.8, 4) is 0 Å². The highest BCUT2D eigenvalue weighted by Crippen LogP contribution is 1.97. The Labute approximate surface area is 87.0 Å². The van der Waals surface area contributed by atoms with E-state index in [1.807, 2.05) is 0 Å². The van der Waals surface area contributed by atoms with Crippen molar-refractivity contribution in [2.24, 2.45) is 0 Å². The molecule has 0 N–H and O–H groups in total. The minimum absolute atomic E-state index is 1.12. The van der Waals surface area contributed by atoms with Crippen LogP contribution in [0.1, 0.15) is 25.7 Å². The van der Waals surface area contributed by atoms with Crippen LogP contribution >= 0.6 is 0 Å². The van der Waals surface area contributed by atoms with E-state index < -0.39 is 0 Å². The van der Waals surface area contributed by atoms with E-state index in [-0.39, 0.29) is 0 Å². The molecule has 14 heavy (non-hydrogen) atoms. The lowest BCUT2D eigenvalue weighted by atomic mass is 10.2. The monoisotopic (exact) mass is 186 g/mol. The summed E-state index contributed by atoms with van der Waals surface area (Å²) in [7, 11) is 0. The summed E-state index contributed by atoms with van der Waals surface area (Å²) >= 11 is 0. The predicted molar refractivity (Wildman–Crippen MR) is 64.2 cm³/mol. The normalized spacial score (nSPS) is 25.1. The molecule has 0 aromatic carbocycles. The van der Waals surface area contributed by atoms with E-state index in [1.54, 1.807) is 0 Å². The third kappa shape index (κ3) is 6.24. The molecular weight excluding hydrogens is 168 g/mol. The van der Waals surface area contributed by atoms with Crippen LogP contribution in [0.4, 0.5) is 0 Å². The standard InChI is InChI=1S/C14H18/c1-2-4-6-8-10-12-14-13-11-9-7-5-3-1/h1-6,11-14H,7-10H2/b2-1-,5-3+,6-4+,13-11?,14-12?. The van der Waals surface area contributed by atoms with Gasteiger partial charge in [-0.3, -0.25) is 0 Å². The number of hydrogen-bond acceptors (Lipinski definition) is 0. The van der Waals surface area contributed by atoms with Gasteiger partial charge in [-0.2, -0.15) is 0 Å². The number of hydrogen-bond donors (Lipinski definition) is 0. The molecule has 0 fully saturated rings. The Morgan fingerprint density at radius 1 is 0.357 bits per heavy atom. The highest BCUT2D eigenvalue weighted by Gasteiger charge is 1.77. The van der Waals surface area contributed by atoms with Crippen LogP contribution in [-0.4, -0.2) is 0 Å². The molecule has 0 heteroatoms. The fraction of sp³-hybridized carbons (Fsp3) is 0.286. The zero-order chi connectivity index (χ0) is 9.90. The third-order valence-electron chi connectivity index (χ3n) is 1.99. The summed E-state index contributed by atoms with van der Waals surface area (Å²) in [6.45, 7) is 0. The van der Waals surface area contributed by atoms with Crippen molar-refractivity contribution in [3.63, 3.8) is 0 Å². The lowest BCUT2D eigenvalue weighted by molar-refractivity contribution is 1.04. The second kappa shape index (κ2) is 8.31. The first-order valence-electron chi connectivity index (χ1n) is 5.30. The largest absolute Gasteiger partial charge is 0.0842 e. The maximum Gasteiger partial charge on any atom is -0.0313 e. The van der Waals surface area contributed by atoms with Crippen molar-refractivity contribution in [1.82, 2.24) is 0 Å². The molecule has 1 rings (SSSR count). The van der Waals surface area contributed by atoms with Crippen LogP contribution in [0.3, 0.4) is 0 Å². The van der Waals surface area contributed by atoms with Crippen molar-refractivity contribution < 1.29 is 0 Å². The fourth-order valence-electron chi connectivity index (χ4n) is 1.21. The molecule has 0 aromatic rings. The molecular formula is C14H18. The quantitative estimate of drug-likeness (QED) is 0.528. The molecule has 0 saturated carbocycles. The molecule has 0 amide bonds. The van der Waals surface area contributed by atoms with Crippen LogP contribution in [0, 0.1) is 0 Å². The Balaban J connectivity index is 2.45. The van der Waals surface area contributed by atoms with Gasteiger partial charge in [0.1, 0.15) is 0 Å². The van der Waals surface area contributed by atoms with E-state index in [4.69, 9.17) is 0 Å². The summed E-state index contributed by atoms with van der Waals surface area (Å²) in [6, 6.07) is 0. The highest BCUT2D eigenvalue weighted by molar-refractivity contribution is 5.12. The van der Waals surface area contributed by atoms with Crippen molar-refractivity contribution in [2.45, 2.75) is 25.7 Å². The van der Waals surface area contributed by atoms with Crippen LogP contribution in [0.25, 0.3) is 0 Å². The topological polar surface area (TPSA) is 0 Å². The average molecular weight is 186 g/mol. The summed E-state index contributed by atoms with van der Waals surface area (Å²) in [4.78, 5) is 0. The lowest BCUT2D eigenvalue weighted by Gasteiger charge is -1.87. The Kier molecular flexibility index (Phi) is 6.39. The van der Waals surface area contributed by atoms with Crippen LogP contribution in [-0.2, 0) is 0 Å². The molecule has 1 aliphatic carbocycles. The van der Waals surface area contributed by atoms with E-state index in [0.29, 0.717) is 0 Å².